The molecule has 0 saturated carbocycles. The number of pyridine rings is 1. The van der Waals surface area contributed by atoms with Gasteiger partial charge in [-0.25, -0.2) is 4.68 Å². The Bertz CT molecular complexity index is 771. The molecule has 3 aromatic rings. The number of ketones is 1. The Labute approximate surface area is 109 Å². The van der Waals surface area contributed by atoms with Gasteiger partial charge in [-0.2, -0.15) is 0 Å². The van der Waals surface area contributed by atoms with Crippen molar-refractivity contribution in [3.05, 3.63) is 48.0 Å². The number of hydrogen-bond acceptors (Lipinski definition) is 4. The van der Waals surface area contributed by atoms with Gasteiger partial charge < -0.3 is 0 Å². The Morgan fingerprint density at radius 3 is 2.84 bits per heavy atom. The first kappa shape index (κ1) is 11.5. The predicted molar refractivity (Wildman–Crippen MR) is 71.4 cm³/mol. The maximum atomic E-state index is 11.4. The Balaban J connectivity index is 2.28. The van der Waals surface area contributed by atoms with Gasteiger partial charge in [0.05, 0.1) is 11.4 Å². The van der Waals surface area contributed by atoms with Crippen LogP contribution in [0.15, 0.2) is 36.7 Å². The molecule has 0 radical (unpaired) electrons. The first-order valence-corrected chi connectivity index (χ1v) is 5.95. The summed E-state index contributed by atoms with van der Waals surface area (Å²) in [7, 11) is 0. The second-order valence-electron chi connectivity index (χ2n) is 4.37. The van der Waals surface area contributed by atoms with Gasteiger partial charge >= 0.3 is 0 Å². The molecular formula is C14H12N4O. The first-order valence-electron chi connectivity index (χ1n) is 5.95. The standard InChI is InChI=1S/C14H12N4O/c1-9-14(10(2)19)16-17-18(9)13-5-3-4-11-8-15-7-6-12(11)13/h3-8H,1-2H3. The number of nitrogens with zero attached hydrogens (tertiary/aromatic N) is 4. The van der Waals surface area contributed by atoms with Crippen LogP contribution in [0.25, 0.3) is 16.5 Å². The van der Waals surface area contributed by atoms with Gasteiger partial charge in [-0.15, -0.1) is 5.10 Å². The minimum absolute atomic E-state index is 0.0781. The van der Waals surface area contributed by atoms with E-state index in [-0.39, 0.29) is 5.78 Å². The van der Waals surface area contributed by atoms with Crippen LogP contribution < -0.4 is 0 Å². The number of rotatable bonds is 2. The molecule has 0 N–H and O–H groups in total. The van der Waals surface area contributed by atoms with E-state index in [2.05, 4.69) is 15.3 Å². The molecule has 0 aliphatic heterocycles. The molecule has 0 spiro atoms. The van der Waals surface area contributed by atoms with Crippen molar-refractivity contribution in [1.82, 2.24) is 20.0 Å². The predicted octanol–water partition coefficient (Wildman–Crippen LogP) is 2.33. The fourth-order valence-corrected chi connectivity index (χ4v) is 2.17. The Kier molecular flexibility index (Phi) is 2.59. The molecule has 2 heterocycles. The Hall–Kier alpha value is -2.56. The maximum absolute atomic E-state index is 11.4. The fourth-order valence-electron chi connectivity index (χ4n) is 2.17. The molecule has 1 aromatic carbocycles. The lowest BCUT2D eigenvalue weighted by molar-refractivity contribution is 0.101. The van der Waals surface area contributed by atoms with Crippen molar-refractivity contribution in [2.45, 2.75) is 13.8 Å². The van der Waals surface area contributed by atoms with Crippen LogP contribution in [-0.4, -0.2) is 25.8 Å². The first-order chi connectivity index (χ1) is 9.18. The van der Waals surface area contributed by atoms with Gasteiger partial charge in [-0.1, -0.05) is 17.3 Å². The average Bonchev–Trinajstić information content (AvgIpc) is 2.80. The van der Waals surface area contributed by atoms with Crippen LogP contribution in [0.2, 0.25) is 0 Å². The zero-order valence-corrected chi connectivity index (χ0v) is 10.7. The molecular weight excluding hydrogens is 240 g/mol. The summed E-state index contributed by atoms with van der Waals surface area (Å²) in [6.07, 6.45) is 3.54. The van der Waals surface area contributed by atoms with E-state index in [4.69, 9.17) is 0 Å². The van der Waals surface area contributed by atoms with Crippen LogP contribution in [0, 0.1) is 6.92 Å². The van der Waals surface area contributed by atoms with Crippen LogP contribution in [-0.2, 0) is 0 Å². The number of carbonyl (C=O) groups excluding carboxylic acids is 1. The SMILES string of the molecule is CC(=O)c1nnn(-c2cccc3cnccc23)c1C. The van der Waals surface area contributed by atoms with E-state index in [1.165, 1.54) is 6.92 Å². The summed E-state index contributed by atoms with van der Waals surface area (Å²) >= 11 is 0. The number of fused-ring (bicyclic) bond motifs is 1. The molecule has 19 heavy (non-hydrogen) atoms. The maximum Gasteiger partial charge on any atom is 0.181 e. The highest BCUT2D eigenvalue weighted by Gasteiger charge is 2.14. The number of carbonyl (C=O) groups is 1. The summed E-state index contributed by atoms with van der Waals surface area (Å²) in [5.74, 6) is -0.0781. The minimum Gasteiger partial charge on any atom is -0.293 e. The summed E-state index contributed by atoms with van der Waals surface area (Å²) in [5, 5.41) is 10.1. The summed E-state index contributed by atoms with van der Waals surface area (Å²) < 4.78 is 1.69. The van der Waals surface area contributed by atoms with Crippen LogP contribution in [0.1, 0.15) is 23.1 Å². The lowest BCUT2D eigenvalue weighted by Gasteiger charge is -2.07. The smallest absolute Gasteiger partial charge is 0.181 e. The van der Waals surface area contributed by atoms with Crippen molar-refractivity contribution in [3.63, 3.8) is 0 Å². The highest BCUT2D eigenvalue weighted by atomic mass is 16.1. The van der Waals surface area contributed by atoms with Gasteiger partial charge in [0.2, 0.25) is 0 Å². The lowest BCUT2D eigenvalue weighted by Crippen LogP contribution is -2.02. The normalized spacial score (nSPS) is 10.8. The van der Waals surface area contributed by atoms with Crippen LogP contribution >= 0.6 is 0 Å². The second-order valence-corrected chi connectivity index (χ2v) is 4.37. The van der Waals surface area contributed by atoms with Gasteiger partial charge in [0.1, 0.15) is 0 Å². The molecule has 0 atom stereocenters. The van der Waals surface area contributed by atoms with Crippen molar-refractivity contribution < 1.29 is 4.79 Å². The van der Waals surface area contributed by atoms with Gasteiger partial charge in [0.25, 0.3) is 0 Å². The number of hydrogen-bond donors (Lipinski definition) is 0. The molecule has 5 heteroatoms. The molecule has 0 aliphatic carbocycles. The molecule has 0 bridgehead atoms. The third-order valence-corrected chi connectivity index (χ3v) is 3.11. The summed E-state index contributed by atoms with van der Waals surface area (Å²) in [5.41, 5.74) is 2.06. The van der Waals surface area contributed by atoms with E-state index in [9.17, 15) is 4.79 Å². The van der Waals surface area contributed by atoms with E-state index >= 15 is 0 Å². The van der Waals surface area contributed by atoms with Crippen molar-refractivity contribution >= 4 is 16.6 Å². The zero-order chi connectivity index (χ0) is 13.4. The summed E-state index contributed by atoms with van der Waals surface area (Å²) in [6, 6.07) is 7.81. The average molecular weight is 252 g/mol. The minimum atomic E-state index is -0.0781. The molecule has 94 valence electrons. The third kappa shape index (κ3) is 1.79. The van der Waals surface area contributed by atoms with Crippen LogP contribution in [0.5, 0.6) is 0 Å². The van der Waals surface area contributed by atoms with Gasteiger partial charge in [0.15, 0.2) is 11.5 Å². The number of aromatic nitrogens is 4. The van der Waals surface area contributed by atoms with E-state index in [1.807, 2.05) is 31.2 Å². The lowest BCUT2D eigenvalue weighted by atomic mass is 10.1. The highest BCUT2D eigenvalue weighted by Crippen LogP contribution is 2.22. The molecule has 0 amide bonds. The zero-order valence-electron chi connectivity index (χ0n) is 10.7. The van der Waals surface area contributed by atoms with Crippen molar-refractivity contribution in [3.8, 4) is 5.69 Å². The number of benzene rings is 1. The number of Topliss-reactive ketones (excluding diaryl/α,β-unsaturated/α-hetero) is 1. The van der Waals surface area contributed by atoms with E-state index in [1.54, 1.807) is 17.1 Å². The van der Waals surface area contributed by atoms with Crippen LogP contribution in [0.3, 0.4) is 0 Å². The summed E-state index contributed by atoms with van der Waals surface area (Å²) in [4.78, 5) is 15.6. The largest absolute Gasteiger partial charge is 0.293 e. The molecule has 0 aliphatic rings. The Morgan fingerprint density at radius 2 is 2.11 bits per heavy atom. The Morgan fingerprint density at radius 1 is 1.26 bits per heavy atom. The van der Waals surface area contributed by atoms with E-state index < -0.39 is 0 Å². The summed E-state index contributed by atoms with van der Waals surface area (Å²) in [6.45, 7) is 3.34. The molecule has 5 nitrogen and oxygen atoms in total. The van der Waals surface area contributed by atoms with Gasteiger partial charge in [-0.3, -0.25) is 9.78 Å². The van der Waals surface area contributed by atoms with Crippen molar-refractivity contribution in [2.24, 2.45) is 0 Å². The topological polar surface area (TPSA) is 60.7 Å². The van der Waals surface area contributed by atoms with Crippen molar-refractivity contribution in [1.29, 1.82) is 0 Å². The van der Waals surface area contributed by atoms with E-state index in [0.717, 1.165) is 22.2 Å². The monoisotopic (exact) mass is 252 g/mol. The highest BCUT2D eigenvalue weighted by molar-refractivity contribution is 5.94. The van der Waals surface area contributed by atoms with Gasteiger partial charge in [-0.05, 0) is 19.1 Å². The third-order valence-electron chi connectivity index (χ3n) is 3.11. The fraction of sp³-hybridized carbons (Fsp3) is 0.143. The molecule has 0 unspecified atom stereocenters. The molecule has 3 rings (SSSR count). The van der Waals surface area contributed by atoms with E-state index in [0.29, 0.717) is 5.69 Å². The van der Waals surface area contributed by atoms with Gasteiger partial charge in [0, 0.05) is 30.1 Å². The quantitative estimate of drug-likeness (QED) is 0.657. The van der Waals surface area contributed by atoms with Crippen LogP contribution in [0.4, 0.5) is 0 Å². The van der Waals surface area contributed by atoms with Crippen molar-refractivity contribution in [2.75, 3.05) is 0 Å². The molecule has 0 saturated heterocycles. The second kappa shape index (κ2) is 4.28. The molecule has 0 fully saturated rings. The molecule has 2 aromatic heterocycles.